The number of hydrogen-bond acceptors (Lipinski definition) is 8. The summed E-state index contributed by atoms with van der Waals surface area (Å²) in [6.45, 7) is 0.547. The number of carbonyl (C=O) groups is 2. The number of anilines is 1. The van der Waals surface area contributed by atoms with Gasteiger partial charge < -0.3 is 19.5 Å². The molecule has 0 aliphatic carbocycles. The maximum absolute atomic E-state index is 12.9. The number of para-hydroxylation sites is 1. The molecule has 0 bridgehead atoms. The predicted molar refractivity (Wildman–Crippen MR) is 133 cm³/mol. The van der Waals surface area contributed by atoms with E-state index in [1.807, 2.05) is 30.3 Å². The third kappa shape index (κ3) is 6.06. The summed E-state index contributed by atoms with van der Waals surface area (Å²) in [5.41, 5.74) is 1.50. The van der Waals surface area contributed by atoms with Crippen molar-refractivity contribution in [1.82, 2.24) is 9.29 Å². The van der Waals surface area contributed by atoms with Gasteiger partial charge in [-0.25, -0.2) is 18.2 Å². The van der Waals surface area contributed by atoms with Gasteiger partial charge in [0.15, 0.2) is 6.61 Å². The minimum atomic E-state index is -3.77. The second-order valence-electron chi connectivity index (χ2n) is 7.80. The van der Waals surface area contributed by atoms with E-state index in [2.05, 4.69) is 10.3 Å². The molecule has 10 nitrogen and oxygen atoms in total. The fourth-order valence-electron chi connectivity index (χ4n) is 3.58. The summed E-state index contributed by atoms with van der Waals surface area (Å²) in [6.07, 6.45) is 2.68. The van der Waals surface area contributed by atoms with E-state index in [9.17, 15) is 18.0 Å². The molecule has 188 valence electrons. The minimum absolute atomic E-state index is 0.00307. The molecule has 1 aromatic heterocycles. The second-order valence-corrected chi connectivity index (χ2v) is 9.73. The molecule has 0 unspecified atom stereocenters. The van der Waals surface area contributed by atoms with Crippen LogP contribution in [0.3, 0.4) is 0 Å². The maximum Gasteiger partial charge on any atom is 0.331 e. The van der Waals surface area contributed by atoms with Gasteiger partial charge >= 0.3 is 5.97 Å². The fourth-order valence-corrected chi connectivity index (χ4v) is 5.02. The smallest absolute Gasteiger partial charge is 0.331 e. The molecule has 1 amide bonds. The molecule has 2 heterocycles. The number of methoxy groups -OCH3 is 1. The van der Waals surface area contributed by atoms with Crippen molar-refractivity contribution in [3.63, 3.8) is 0 Å². The highest BCUT2D eigenvalue weighted by molar-refractivity contribution is 7.89. The van der Waals surface area contributed by atoms with Crippen LogP contribution in [0.15, 0.2) is 65.6 Å². The van der Waals surface area contributed by atoms with Crippen LogP contribution in [0.5, 0.6) is 5.75 Å². The number of pyridine rings is 1. The number of amides is 1. The van der Waals surface area contributed by atoms with E-state index in [1.165, 1.54) is 41.8 Å². The summed E-state index contributed by atoms with van der Waals surface area (Å²) in [5.74, 6) is -1.12. The molecule has 0 spiro atoms. The average molecular weight is 512 g/mol. The Morgan fingerprint density at radius 2 is 1.89 bits per heavy atom. The van der Waals surface area contributed by atoms with Crippen LogP contribution in [0.25, 0.3) is 17.0 Å². The Morgan fingerprint density at radius 3 is 2.67 bits per heavy atom. The standard InChI is InChI=1S/C25H25N3O7S/c1-33-23-10-9-20(36(31,32)28-12-14-34-15-13-28)16-22(23)27-24(29)17-35-25(30)11-8-19-7-6-18-4-2-3-5-21(18)26-19/h2-11,16H,12-15,17H2,1H3,(H,27,29)/b11-8+. The normalized spacial score (nSPS) is 14.6. The molecule has 1 aliphatic heterocycles. The van der Waals surface area contributed by atoms with Crippen LogP contribution in [-0.4, -0.2) is 69.6 Å². The van der Waals surface area contributed by atoms with E-state index in [4.69, 9.17) is 14.2 Å². The van der Waals surface area contributed by atoms with Gasteiger partial charge in [-0.3, -0.25) is 4.79 Å². The number of benzene rings is 2. The number of aromatic nitrogens is 1. The van der Waals surface area contributed by atoms with E-state index in [1.54, 1.807) is 6.07 Å². The molecule has 36 heavy (non-hydrogen) atoms. The molecule has 0 atom stereocenters. The molecule has 0 saturated carbocycles. The van der Waals surface area contributed by atoms with Crippen molar-refractivity contribution in [3.05, 3.63) is 66.4 Å². The second kappa shape index (κ2) is 11.3. The summed E-state index contributed by atoms with van der Waals surface area (Å²) in [4.78, 5) is 28.9. The van der Waals surface area contributed by atoms with Crippen molar-refractivity contribution in [3.8, 4) is 5.75 Å². The Labute approximate surface area is 208 Å². The zero-order valence-corrected chi connectivity index (χ0v) is 20.4. The Morgan fingerprint density at radius 1 is 1.11 bits per heavy atom. The van der Waals surface area contributed by atoms with Crippen molar-refractivity contribution in [2.75, 3.05) is 45.3 Å². The molecule has 1 aliphatic rings. The first-order valence-corrected chi connectivity index (χ1v) is 12.6. The Bertz CT molecular complexity index is 1400. The van der Waals surface area contributed by atoms with Gasteiger partial charge in [0.25, 0.3) is 5.91 Å². The van der Waals surface area contributed by atoms with Gasteiger partial charge in [-0.1, -0.05) is 24.3 Å². The number of sulfonamides is 1. The molecule has 1 saturated heterocycles. The third-order valence-corrected chi connectivity index (χ3v) is 7.30. The zero-order chi connectivity index (χ0) is 25.5. The quantitative estimate of drug-likeness (QED) is 0.361. The Hall–Kier alpha value is -3.80. The molecular formula is C25H25N3O7S. The van der Waals surface area contributed by atoms with Crippen LogP contribution >= 0.6 is 0 Å². The zero-order valence-electron chi connectivity index (χ0n) is 19.5. The lowest BCUT2D eigenvalue weighted by Gasteiger charge is -2.26. The lowest BCUT2D eigenvalue weighted by molar-refractivity contribution is -0.142. The van der Waals surface area contributed by atoms with E-state index in [0.717, 1.165) is 10.9 Å². The van der Waals surface area contributed by atoms with E-state index in [-0.39, 0.29) is 29.4 Å². The van der Waals surface area contributed by atoms with Crippen molar-refractivity contribution in [2.45, 2.75) is 4.90 Å². The SMILES string of the molecule is COc1ccc(S(=O)(=O)N2CCOCC2)cc1NC(=O)COC(=O)/C=C/c1ccc2ccccc2n1. The topological polar surface area (TPSA) is 124 Å². The molecule has 0 radical (unpaired) electrons. The maximum atomic E-state index is 12.9. The van der Waals surface area contributed by atoms with Crippen molar-refractivity contribution >= 4 is 44.6 Å². The van der Waals surface area contributed by atoms with Crippen LogP contribution in [-0.2, 0) is 29.1 Å². The first-order chi connectivity index (χ1) is 17.4. The first-order valence-electron chi connectivity index (χ1n) is 11.1. The summed E-state index contributed by atoms with van der Waals surface area (Å²) in [5, 5.41) is 3.52. The summed E-state index contributed by atoms with van der Waals surface area (Å²) < 4.78 is 42.6. The van der Waals surface area contributed by atoms with Crippen LogP contribution in [0.2, 0.25) is 0 Å². The van der Waals surface area contributed by atoms with Crippen LogP contribution in [0.1, 0.15) is 5.69 Å². The number of ether oxygens (including phenoxy) is 3. The van der Waals surface area contributed by atoms with Gasteiger partial charge in [0, 0.05) is 24.6 Å². The van der Waals surface area contributed by atoms with E-state index in [0.29, 0.717) is 18.9 Å². The number of fused-ring (bicyclic) bond motifs is 1. The lowest BCUT2D eigenvalue weighted by atomic mass is 10.2. The molecule has 4 rings (SSSR count). The van der Waals surface area contributed by atoms with Crippen LogP contribution < -0.4 is 10.1 Å². The molecular weight excluding hydrogens is 486 g/mol. The monoisotopic (exact) mass is 511 g/mol. The van der Waals surface area contributed by atoms with E-state index < -0.39 is 28.5 Å². The molecule has 2 aromatic carbocycles. The average Bonchev–Trinajstić information content (AvgIpc) is 2.91. The third-order valence-electron chi connectivity index (χ3n) is 5.41. The lowest BCUT2D eigenvalue weighted by Crippen LogP contribution is -2.40. The van der Waals surface area contributed by atoms with Gasteiger partial charge in [-0.2, -0.15) is 4.31 Å². The van der Waals surface area contributed by atoms with Gasteiger partial charge in [0.05, 0.1) is 42.1 Å². The molecule has 1 N–H and O–H groups in total. The number of nitrogens with one attached hydrogen (secondary N) is 1. The van der Waals surface area contributed by atoms with Crippen LogP contribution in [0.4, 0.5) is 5.69 Å². The van der Waals surface area contributed by atoms with Crippen molar-refractivity contribution < 1.29 is 32.2 Å². The predicted octanol–water partition coefficient (Wildman–Crippen LogP) is 2.46. The first kappa shape index (κ1) is 25.3. The van der Waals surface area contributed by atoms with Gasteiger partial charge in [0.2, 0.25) is 10.0 Å². The highest BCUT2D eigenvalue weighted by Gasteiger charge is 2.27. The number of carbonyl (C=O) groups excluding carboxylic acids is 2. The fraction of sp³-hybridized carbons (Fsp3) is 0.240. The summed E-state index contributed by atoms with van der Waals surface area (Å²) in [7, 11) is -2.38. The van der Waals surface area contributed by atoms with E-state index >= 15 is 0 Å². The Kier molecular flexibility index (Phi) is 7.93. The number of rotatable bonds is 8. The van der Waals surface area contributed by atoms with Gasteiger partial charge in [0.1, 0.15) is 5.75 Å². The molecule has 11 heteroatoms. The number of esters is 1. The largest absolute Gasteiger partial charge is 0.495 e. The number of morpholine rings is 1. The van der Waals surface area contributed by atoms with Gasteiger partial charge in [-0.05, 0) is 36.4 Å². The number of hydrogen-bond donors (Lipinski definition) is 1. The summed E-state index contributed by atoms with van der Waals surface area (Å²) >= 11 is 0. The Balaban J connectivity index is 1.37. The highest BCUT2D eigenvalue weighted by Crippen LogP contribution is 2.29. The summed E-state index contributed by atoms with van der Waals surface area (Å²) in [6, 6.07) is 15.4. The van der Waals surface area contributed by atoms with Crippen molar-refractivity contribution in [2.24, 2.45) is 0 Å². The van der Waals surface area contributed by atoms with Gasteiger partial charge in [-0.15, -0.1) is 0 Å². The molecule has 3 aromatic rings. The highest BCUT2D eigenvalue weighted by atomic mass is 32.2. The van der Waals surface area contributed by atoms with Crippen LogP contribution in [0, 0.1) is 0 Å². The minimum Gasteiger partial charge on any atom is -0.495 e. The van der Waals surface area contributed by atoms with Crippen molar-refractivity contribution in [1.29, 1.82) is 0 Å². The number of nitrogens with zero attached hydrogens (tertiary/aromatic N) is 2. The molecule has 1 fully saturated rings.